The number of halogens is 1. The van der Waals surface area contributed by atoms with Crippen molar-refractivity contribution in [1.29, 1.82) is 0 Å². The lowest BCUT2D eigenvalue weighted by Crippen LogP contribution is -3.00. The van der Waals surface area contributed by atoms with Gasteiger partial charge in [0, 0.05) is 78.4 Å². The van der Waals surface area contributed by atoms with E-state index >= 15 is 0 Å². The number of benzene rings is 12. The molecule has 8 nitrogen and oxygen atoms in total. The zero-order chi connectivity index (χ0) is 82.8. The lowest BCUT2D eigenvalue weighted by atomic mass is 10.0. The Morgan fingerprint density at radius 2 is 0.437 bits per heavy atom. The molecule has 12 aromatic carbocycles. The number of methoxy groups -OCH3 is 1. The molecule has 5 fully saturated rings. The first-order chi connectivity index (χ1) is 57.7. The lowest BCUT2D eigenvalue weighted by Gasteiger charge is -2.39. The van der Waals surface area contributed by atoms with Gasteiger partial charge in [-0.15, -0.1) is 0 Å². The Kier molecular flexibility index (Phi) is 42.5. The summed E-state index contributed by atoms with van der Waals surface area (Å²) >= 11 is 0. The predicted octanol–water partition coefficient (Wildman–Crippen LogP) is 19.4. The quantitative estimate of drug-likeness (QED) is 0.0746. The largest absolute Gasteiger partial charge is 1.00 e. The Bertz CT molecular complexity index is 3910. The van der Waals surface area contributed by atoms with E-state index in [0.717, 1.165) is 16.6 Å². The monoisotopic (exact) mass is 1730 g/mol. The summed E-state index contributed by atoms with van der Waals surface area (Å²) in [6.07, 6.45) is 12.8. The van der Waals surface area contributed by atoms with Crippen LogP contribution in [-0.4, -0.2) is 194 Å². The molecule has 0 atom stereocenters. The fourth-order valence-corrected chi connectivity index (χ4v) is 23.4. The first-order valence-electron chi connectivity index (χ1n) is 42.8. The summed E-state index contributed by atoms with van der Waals surface area (Å²) in [5.41, 5.74) is 1.30. The van der Waals surface area contributed by atoms with E-state index in [1.807, 2.05) is 0 Å². The number of likely N-dealkylation sites (tertiary alicyclic amines) is 4. The predicted molar refractivity (Wildman–Crippen MR) is 508 cm³/mol. The average Bonchev–Trinajstić information content (AvgIpc) is 0.831. The molecular weight excluding hydrogens is 1600 g/mol. The molecule has 0 saturated carbocycles. The van der Waals surface area contributed by atoms with Gasteiger partial charge >= 0.3 is 0 Å². The minimum absolute atomic E-state index is 0. The number of piperazine rings is 1. The number of quaternary nitrogens is 1. The maximum Gasteiger partial charge on any atom is 0.166 e. The number of piperidine rings is 4. The first kappa shape index (κ1) is 95.0. The topological polar surface area (TPSA) is 28.7 Å². The number of rotatable bonds is 15. The Balaban J connectivity index is 0.000000157. The third kappa shape index (κ3) is 32.8. The van der Waals surface area contributed by atoms with Crippen LogP contribution in [0.2, 0.25) is 0 Å². The smallest absolute Gasteiger partial charge is 0.166 e. The molecule has 0 N–H and O–H groups in total. The highest BCUT2D eigenvalue weighted by atomic mass is 79.9. The van der Waals surface area contributed by atoms with Gasteiger partial charge in [-0.1, -0.05) is 224 Å². The van der Waals surface area contributed by atoms with Crippen LogP contribution in [0.25, 0.3) is 0 Å². The van der Waals surface area contributed by atoms with Crippen LogP contribution in [0.3, 0.4) is 0 Å². The van der Waals surface area contributed by atoms with E-state index in [1.54, 1.807) is 7.11 Å². The molecular formula is C106H134BrN7OS4+4. The molecule has 119 heavy (non-hydrogen) atoms. The minimum atomic E-state index is -0.0229. The van der Waals surface area contributed by atoms with Crippen molar-refractivity contribution in [2.75, 3.05) is 142 Å². The Morgan fingerprint density at radius 1 is 0.244 bits per heavy atom. The number of hydrogen-bond acceptors (Lipinski definition) is 7. The molecule has 13 heteroatoms. The summed E-state index contributed by atoms with van der Waals surface area (Å²) in [5, 5.41) is 0. The molecule has 0 spiro atoms. The van der Waals surface area contributed by atoms with E-state index in [1.165, 1.54) is 201 Å². The van der Waals surface area contributed by atoms with Crippen LogP contribution in [0.1, 0.15) is 63.4 Å². The number of likely N-dealkylation sites (N-methyl/N-ethyl adjacent to an activating group) is 2. The van der Waals surface area contributed by atoms with Gasteiger partial charge < -0.3 is 55.6 Å². The summed E-state index contributed by atoms with van der Waals surface area (Å²) in [6.45, 7) is 17.4. The van der Waals surface area contributed by atoms with Gasteiger partial charge in [0.25, 0.3) is 0 Å². The molecule has 0 aromatic heterocycles. The standard InChI is InChI=1S/C19H17S.3C18H15S.C11H22N2.C9H21N2.C7H15NO.C6H14N2.BrH/c1-16-12-14-19(15-13-16)20(17-8-4-2-5-9-17)18-10-6-3-7-11-18;3*1-4-10-16(11-5-1)19(17-12-6-2-7-13-17)18-14-8-3-9-15-18;1-12-9-5-11(6-10-12)13-7-3-2-4-8-13;1-10-7-5-9(6-8-10)11(2,3)4;1-8-5-3-7(9-2)4-6-8;1-7-3-5-8(2)6-4-7;/h2-15H,1H3;3*1-15H;11H,2-10H2,1H3;9H,5-8H2,1-4H3;7H,3-6H2,1-2H3;3-6H2,1-2H3;1H/q4*+1;;+1;;;/p-1. The fraction of sp³-hybridized carbons (Fsp3) is 0.321. The fourth-order valence-electron chi connectivity index (χ4n) is 15.0. The van der Waals surface area contributed by atoms with Crippen molar-refractivity contribution < 1.29 is 26.2 Å². The Labute approximate surface area is 740 Å². The van der Waals surface area contributed by atoms with E-state index in [2.05, 4.69) is 451 Å². The highest BCUT2D eigenvalue weighted by molar-refractivity contribution is 7.98. The lowest BCUT2D eigenvalue weighted by molar-refractivity contribution is -0.897. The van der Waals surface area contributed by atoms with Gasteiger partial charge in [0.05, 0.1) is 76.9 Å². The molecule has 0 radical (unpaired) electrons. The van der Waals surface area contributed by atoms with Crippen molar-refractivity contribution in [3.05, 3.63) is 363 Å². The zero-order valence-electron chi connectivity index (χ0n) is 72.7. The molecule has 5 aliphatic rings. The summed E-state index contributed by atoms with van der Waals surface area (Å²) in [4.78, 5) is 31.0. The number of hydrogen-bond donors (Lipinski definition) is 0. The molecule has 0 aliphatic carbocycles. The Morgan fingerprint density at radius 3 is 0.647 bits per heavy atom. The summed E-state index contributed by atoms with van der Waals surface area (Å²) in [6, 6.07) is 129. The van der Waals surface area contributed by atoms with E-state index in [9.17, 15) is 0 Å². The van der Waals surface area contributed by atoms with Gasteiger partial charge in [0.15, 0.2) is 58.7 Å². The first-order valence-corrected chi connectivity index (χ1v) is 47.7. The minimum Gasteiger partial charge on any atom is -1.00 e. The summed E-state index contributed by atoms with van der Waals surface area (Å²) in [7, 11) is 19.6. The summed E-state index contributed by atoms with van der Waals surface area (Å²) < 4.78 is 6.35. The molecule has 626 valence electrons. The van der Waals surface area contributed by atoms with Crippen molar-refractivity contribution in [2.24, 2.45) is 0 Å². The molecule has 0 unspecified atom stereocenters. The van der Waals surface area contributed by atoms with Crippen molar-refractivity contribution in [3.63, 3.8) is 0 Å². The van der Waals surface area contributed by atoms with E-state index in [-0.39, 0.29) is 60.6 Å². The Hall–Kier alpha value is -7.80. The molecule has 5 aliphatic heterocycles. The molecule has 5 heterocycles. The van der Waals surface area contributed by atoms with Crippen LogP contribution in [-0.2, 0) is 48.3 Å². The number of ether oxygens (including phenoxy) is 1. The normalized spacial score (nSPS) is 15.9. The van der Waals surface area contributed by atoms with Crippen molar-refractivity contribution >= 4 is 43.6 Å². The summed E-state index contributed by atoms with van der Waals surface area (Å²) in [5.74, 6) is 0. The average molecular weight is 1730 g/mol. The molecule has 5 saturated heterocycles. The van der Waals surface area contributed by atoms with Crippen LogP contribution in [0, 0.1) is 6.92 Å². The van der Waals surface area contributed by atoms with Gasteiger partial charge in [0.2, 0.25) is 0 Å². The van der Waals surface area contributed by atoms with E-state index in [4.69, 9.17) is 4.74 Å². The van der Waals surface area contributed by atoms with Gasteiger partial charge in [0.1, 0.15) is 0 Å². The van der Waals surface area contributed by atoms with Crippen LogP contribution >= 0.6 is 0 Å². The highest BCUT2D eigenvalue weighted by Gasteiger charge is 2.33. The highest BCUT2D eigenvalue weighted by Crippen LogP contribution is 2.35. The van der Waals surface area contributed by atoms with Gasteiger partial charge in [-0.2, -0.15) is 0 Å². The van der Waals surface area contributed by atoms with Crippen molar-refractivity contribution in [2.45, 2.75) is 142 Å². The molecule has 0 bridgehead atoms. The third-order valence-electron chi connectivity index (χ3n) is 22.1. The van der Waals surface area contributed by atoms with Crippen LogP contribution < -0.4 is 17.0 Å². The van der Waals surface area contributed by atoms with Crippen LogP contribution in [0.4, 0.5) is 0 Å². The number of nitrogens with zero attached hydrogens (tertiary/aromatic N) is 7. The van der Waals surface area contributed by atoms with Crippen molar-refractivity contribution in [1.82, 2.24) is 29.4 Å². The van der Waals surface area contributed by atoms with E-state index in [0.29, 0.717) is 6.10 Å². The van der Waals surface area contributed by atoms with E-state index < -0.39 is 0 Å². The maximum atomic E-state index is 5.21. The molecule has 0 amide bonds. The van der Waals surface area contributed by atoms with Crippen LogP contribution in [0.15, 0.2) is 417 Å². The molecule has 17 rings (SSSR count). The van der Waals surface area contributed by atoms with Gasteiger partial charge in [-0.05, 0) is 252 Å². The third-order valence-corrected chi connectivity index (χ3v) is 31.1. The SMILES string of the molecule is CN1CCC(N2CCCCC2)CC1.CN1CCC([N+](C)(C)C)CC1.CN1CCN(C)CC1.COC1CCN(C)CC1.Cc1ccc([S+](c2ccccc2)c2ccccc2)cc1.[Br-].c1ccc([S+](c2ccccc2)c2ccccc2)cc1.c1ccc([S+](c2ccccc2)c2ccccc2)cc1.c1ccc([S+](c2ccccc2)c2ccccc2)cc1. The van der Waals surface area contributed by atoms with Crippen molar-refractivity contribution in [3.8, 4) is 0 Å². The second kappa shape index (κ2) is 53.2. The van der Waals surface area contributed by atoms with Crippen LogP contribution in [0.5, 0.6) is 0 Å². The number of aryl methyl sites for hydroxylation is 1. The van der Waals surface area contributed by atoms with Gasteiger partial charge in [-0.3, -0.25) is 0 Å². The zero-order valence-corrected chi connectivity index (χ0v) is 77.5. The second-order valence-corrected chi connectivity index (χ2v) is 40.2. The second-order valence-electron chi connectivity index (χ2n) is 32.1. The maximum absolute atomic E-state index is 5.21. The van der Waals surface area contributed by atoms with Gasteiger partial charge in [-0.25, -0.2) is 0 Å². The molecule has 12 aromatic rings.